The SMILES string of the molecule is Cn1c2ccccc2c2cc(-c3ccc4c(c3)c3ccccc3n4-c3cccc(-c4nc(-c5ccccc5)nc(-c5ccccc5)n4)c3)ccc21. The fraction of sp³-hybridized carbons (Fsp3) is 0.0217. The minimum Gasteiger partial charge on any atom is -0.344 e. The standard InChI is InChI=1S/C46H31N5/c1-50-40-21-10-8-19-36(40)38-28-32(23-25-41(38)50)33-24-26-43-39(29-33)37-20-9-11-22-42(37)51(43)35-18-12-17-34(27-35)46-48-44(30-13-4-2-5-14-30)47-45(49-46)31-15-6-3-7-16-31/h2-29H,1H3. The van der Waals surface area contributed by atoms with E-state index in [0.29, 0.717) is 17.5 Å². The summed E-state index contributed by atoms with van der Waals surface area (Å²) in [5.74, 6) is 1.93. The van der Waals surface area contributed by atoms with E-state index < -0.39 is 0 Å². The second-order valence-electron chi connectivity index (χ2n) is 13.0. The Morgan fingerprint density at radius 3 is 1.43 bits per heavy atom. The zero-order chi connectivity index (χ0) is 33.9. The summed E-state index contributed by atoms with van der Waals surface area (Å²) >= 11 is 0. The van der Waals surface area contributed by atoms with Gasteiger partial charge in [-0.15, -0.1) is 0 Å². The van der Waals surface area contributed by atoms with E-state index >= 15 is 0 Å². The van der Waals surface area contributed by atoms with Gasteiger partial charge in [0.2, 0.25) is 0 Å². The number of benzene rings is 7. The van der Waals surface area contributed by atoms with Gasteiger partial charge in [-0.05, 0) is 59.7 Å². The van der Waals surface area contributed by atoms with E-state index in [1.807, 2.05) is 60.7 Å². The number of aromatic nitrogens is 5. The lowest BCUT2D eigenvalue weighted by molar-refractivity contribution is 1.01. The summed E-state index contributed by atoms with van der Waals surface area (Å²) in [6.07, 6.45) is 0. The molecule has 0 bridgehead atoms. The summed E-state index contributed by atoms with van der Waals surface area (Å²) < 4.78 is 4.63. The van der Waals surface area contributed by atoms with Crippen molar-refractivity contribution in [3.05, 3.63) is 170 Å². The predicted molar refractivity (Wildman–Crippen MR) is 210 cm³/mol. The quantitative estimate of drug-likeness (QED) is 0.186. The molecular weight excluding hydrogens is 623 g/mol. The molecule has 0 amide bonds. The van der Waals surface area contributed by atoms with Crippen LogP contribution in [0.5, 0.6) is 0 Å². The Hall–Kier alpha value is -6.85. The van der Waals surface area contributed by atoms with E-state index in [1.54, 1.807) is 0 Å². The van der Waals surface area contributed by atoms with E-state index in [4.69, 9.17) is 15.0 Å². The molecule has 0 atom stereocenters. The second-order valence-corrected chi connectivity index (χ2v) is 13.0. The maximum absolute atomic E-state index is 5.00. The van der Waals surface area contributed by atoms with E-state index in [1.165, 1.54) is 43.7 Å². The minimum atomic E-state index is 0.636. The Balaban J connectivity index is 1.12. The third-order valence-electron chi connectivity index (χ3n) is 9.98. The molecule has 3 aromatic heterocycles. The highest BCUT2D eigenvalue weighted by atomic mass is 15.0. The fourth-order valence-electron chi connectivity index (χ4n) is 7.50. The zero-order valence-electron chi connectivity index (χ0n) is 27.9. The molecule has 5 nitrogen and oxygen atoms in total. The van der Waals surface area contributed by atoms with E-state index in [0.717, 1.165) is 33.4 Å². The Bertz CT molecular complexity index is 2860. The zero-order valence-corrected chi connectivity index (χ0v) is 27.9. The van der Waals surface area contributed by atoms with Crippen molar-refractivity contribution < 1.29 is 0 Å². The van der Waals surface area contributed by atoms with Gasteiger partial charge in [0, 0.05) is 62.0 Å². The van der Waals surface area contributed by atoms with Crippen LogP contribution in [0, 0.1) is 0 Å². The van der Waals surface area contributed by atoms with Crippen LogP contribution in [0.25, 0.3) is 94.6 Å². The van der Waals surface area contributed by atoms with Crippen LogP contribution in [0.2, 0.25) is 0 Å². The molecule has 10 rings (SSSR count). The third kappa shape index (κ3) is 4.82. The van der Waals surface area contributed by atoms with E-state index in [-0.39, 0.29) is 0 Å². The summed E-state index contributed by atoms with van der Waals surface area (Å²) in [5, 5.41) is 4.97. The van der Waals surface area contributed by atoms with Crippen molar-refractivity contribution in [1.29, 1.82) is 0 Å². The average Bonchev–Trinajstić information content (AvgIpc) is 3.69. The molecule has 0 fully saturated rings. The van der Waals surface area contributed by atoms with Crippen LogP contribution >= 0.6 is 0 Å². The van der Waals surface area contributed by atoms with Gasteiger partial charge in [-0.2, -0.15) is 0 Å². The number of aryl methyl sites for hydroxylation is 1. The molecule has 0 aliphatic heterocycles. The maximum atomic E-state index is 5.00. The van der Waals surface area contributed by atoms with Crippen LogP contribution in [0.1, 0.15) is 0 Å². The highest BCUT2D eigenvalue weighted by Crippen LogP contribution is 2.37. The average molecular weight is 654 g/mol. The smallest absolute Gasteiger partial charge is 0.164 e. The molecule has 10 aromatic rings. The topological polar surface area (TPSA) is 48.5 Å². The maximum Gasteiger partial charge on any atom is 0.164 e. The van der Waals surface area contributed by atoms with Crippen molar-refractivity contribution >= 4 is 43.6 Å². The van der Waals surface area contributed by atoms with Gasteiger partial charge in [0.1, 0.15) is 0 Å². The number of nitrogens with zero attached hydrogens (tertiary/aromatic N) is 5. The minimum absolute atomic E-state index is 0.636. The van der Waals surface area contributed by atoms with E-state index in [2.05, 4.69) is 125 Å². The van der Waals surface area contributed by atoms with Gasteiger partial charge in [-0.25, -0.2) is 15.0 Å². The van der Waals surface area contributed by atoms with Crippen molar-refractivity contribution in [2.75, 3.05) is 0 Å². The molecule has 0 aliphatic carbocycles. The summed E-state index contributed by atoms with van der Waals surface area (Å²) in [6.45, 7) is 0. The van der Waals surface area contributed by atoms with Crippen LogP contribution in [-0.4, -0.2) is 24.1 Å². The van der Waals surface area contributed by atoms with Crippen molar-refractivity contribution in [3.63, 3.8) is 0 Å². The second kappa shape index (κ2) is 11.6. The molecule has 0 saturated heterocycles. The molecule has 0 saturated carbocycles. The van der Waals surface area contributed by atoms with Crippen LogP contribution in [0.15, 0.2) is 170 Å². The first-order valence-corrected chi connectivity index (χ1v) is 17.2. The van der Waals surface area contributed by atoms with Crippen molar-refractivity contribution in [3.8, 4) is 51.0 Å². The molecule has 5 heteroatoms. The van der Waals surface area contributed by atoms with Gasteiger partial charge in [0.05, 0.1) is 11.0 Å². The lowest BCUT2D eigenvalue weighted by atomic mass is 10.0. The van der Waals surface area contributed by atoms with Crippen molar-refractivity contribution in [2.24, 2.45) is 7.05 Å². The first-order chi connectivity index (χ1) is 25.2. The monoisotopic (exact) mass is 653 g/mol. The van der Waals surface area contributed by atoms with E-state index in [9.17, 15) is 0 Å². The normalized spacial score (nSPS) is 11.6. The number of para-hydroxylation sites is 2. The first-order valence-electron chi connectivity index (χ1n) is 17.2. The van der Waals surface area contributed by atoms with Gasteiger partial charge < -0.3 is 9.13 Å². The molecule has 3 heterocycles. The van der Waals surface area contributed by atoms with Crippen LogP contribution in [0.4, 0.5) is 0 Å². The van der Waals surface area contributed by atoms with Crippen LogP contribution < -0.4 is 0 Å². The first kappa shape index (κ1) is 29.1. The summed E-state index contributed by atoms with van der Waals surface area (Å²) in [5.41, 5.74) is 11.1. The summed E-state index contributed by atoms with van der Waals surface area (Å²) in [6, 6.07) is 59.7. The summed E-state index contributed by atoms with van der Waals surface area (Å²) in [4.78, 5) is 14.9. The molecule has 0 radical (unpaired) electrons. The Morgan fingerprint density at radius 1 is 0.333 bits per heavy atom. The largest absolute Gasteiger partial charge is 0.344 e. The number of hydrogen-bond acceptors (Lipinski definition) is 3. The van der Waals surface area contributed by atoms with Crippen LogP contribution in [-0.2, 0) is 7.05 Å². The molecule has 0 aliphatic rings. The number of rotatable bonds is 5. The molecule has 0 spiro atoms. The number of fused-ring (bicyclic) bond motifs is 6. The number of hydrogen-bond donors (Lipinski definition) is 0. The van der Waals surface area contributed by atoms with Gasteiger partial charge in [0.15, 0.2) is 17.5 Å². The molecule has 0 N–H and O–H groups in total. The Kier molecular flexibility index (Phi) is 6.64. The highest BCUT2D eigenvalue weighted by molar-refractivity contribution is 6.12. The predicted octanol–water partition coefficient (Wildman–Crippen LogP) is 11.3. The molecule has 51 heavy (non-hydrogen) atoms. The molecular formula is C46H31N5. The molecule has 240 valence electrons. The van der Waals surface area contributed by atoms with Gasteiger partial charge in [-0.3, -0.25) is 0 Å². The van der Waals surface area contributed by atoms with Gasteiger partial charge in [-0.1, -0.05) is 121 Å². The Morgan fingerprint density at radius 2 is 0.784 bits per heavy atom. The van der Waals surface area contributed by atoms with Gasteiger partial charge in [0.25, 0.3) is 0 Å². The lowest BCUT2D eigenvalue weighted by Crippen LogP contribution is -2.01. The molecule has 7 aromatic carbocycles. The highest BCUT2D eigenvalue weighted by Gasteiger charge is 2.17. The summed E-state index contributed by atoms with van der Waals surface area (Å²) in [7, 11) is 2.14. The van der Waals surface area contributed by atoms with Crippen LogP contribution in [0.3, 0.4) is 0 Å². The third-order valence-corrected chi connectivity index (χ3v) is 9.98. The van der Waals surface area contributed by atoms with Gasteiger partial charge >= 0.3 is 0 Å². The Labute approximate surface area is 294 Å². The fourth-order valence-corrected chi connectivity index (χ4v) is 7.50. The lowest BCUT2D eigenvalue weighted by Gasteiger charge is -2.12. The van der Waals surface area contributed by atoms with Crippen molar-refractivity contribution in [1.82, 2.24) is 24.1 Å². The van der Waals surface area contributed by atoms with Crippen molar-refractivity contribution in [2.45, 2.75) is 0 Å². The molecule has 0 unspecified atom stereocenters.